The second-order valence-corrected chi connectivity index (χ2v) is 4.73. The molecule has 1 aromatic carbocycles. The summed E-state index contributed by atoms with van der Waals surface area (Å²) in [5.74, 6) is 0.718. The van der Waals surface area contributed by atoms with Crippen LogP contribution in [0.1, 0.15) is 25.3 Å². The van der Waals surface area contributed by atoms with Gasteiger partial charge in [0.15, 0.2) is 0 Å². The lowest BCUT2D eigenvalue weighted by molar-refractivity contribution is -0.129. The number of hydrogen-bond donors (Lipinski definition) is 0. The number of carbonyl (C=O) groups excluding carboxylic acids is 1. The number of benzene rings is 1. The molecule has 1 unspecified atom stereocenters. The zero-order chi connectivity index (χ0) is 12.3. The van der Waals surface area contributed by atoms with Crippen molar-refractivity contribution in [2.75, 3.05) is 0 Å². The molecule has 17 heavy (non-hydrogen) atoms. The fraction of sp³-hybridized carbons (Fsp3) is 0.400. The van der Waals surface area contributed by atoms with Crippen molar-refractivity contribution in [1.29, 1.82) is 0 Å². The van der Waals surface area contributed by atoms with Gasteiger partial charge in [-0.05, 0) is 37.3 Å². The Morgan fingerprint density at radius 1 is 1.47 bits per heavy atom. The number of hydrogen-bond acceptors (Lipinski definition) is 1. The van der Waals surface area contributed by atoms with Gasteiger partial charge in [0.25, 0.3) is 0 Å². The van der Waals surface area contributed by atoms with Gasteiger partial charge in [-0.25, -0.2) is 0 Å². The van der Waals surface area contributed by atoms with Gasteiger partial charge in [-0.1, -0.05) is 36.9 Å². The highest BCUT2D eigenvalue weighted by Gasteiger charge is 2.33. The maximum atomic E-state index is 11.9. The molecule has 1 aliphatic rings. The first kappa shape index (κ1) is 11.9. The van der Waals surface area contributed by atoms with E-state index in [1.807, 2.05) is 23.1 Å². The maximum Gasteiger partial charge on any atom is 0.246 e. The number of carbonyl (C=O) groups is 1. The minimum atomic E-state index is 0.0354. The topological polar surface area (TPSA) is 20.3 Å². The third-order valence-electron chi connectivity index (χ3n) is 3.45. The number of rotatable bonds is 5. The van der Waals surface area contributed by atoms with Crippen LogP contribution >= 0.6 is 0 Å². The Kier molecular flexibility index (Phi) is 3.62. The minimum absolute atomic E-state index is 0.0354. The van der Waals surface area contributed by atoms with Gasteiger partial charge in [-0.2, -0.15) is 0 Å². The van der Waals surface area contributed by atoms with Gasteiger partial charge in [-0.15, -0.1) is 0 Å². The van der Waals surface area contributed by atoms with Gasteiger partial charge in [0.05, 0.1) is 0 Å². The van der Waals surface area contributed by atoms with Crippen LogP contribution in [0.25, 0.3) is 0 Å². The summed E-state index contributed by atoms with van der Waals surface area (Å²) in [6.07, 6.45) is 3.91. The van der Waals surface area contributed by atoms with Crippen molar-refractivity contribution in [2.24, 2.45) is 5.92 Å². The van der Waals surface area contributed by atoms with E-state index in [1.54, 1.807) is 0 Å². The van der Waals surface area contributed by atoms with Crippen LogP contribution in [0.15, 0.2) is 43.0 Å². The summed E-state index contributed by atoms with van der Waals surface area (Å²) in [6.45, 7) is 6.42. The lowest BCUT2D eigenvalue weighted by atomic mass is 10.1. The third-order valence-corrected chi connectivity index (χ3v) is 3.45. The maximum absolute atomic E-state index is 11.9. The van der Waals surface area contributed by atoms with Crippen LogP contribution in [0.5, 0.6) is 0 Å². The number of amides is 1. The van der Waals surface area contributed by atoms with Gasteiger partial charge >= 0.3 is 0 Å². The Morgan fingerprint density at radius 3 is 2.65 bits per heavy atom. The molecule has 1 atom stereocenters. The zero-order valence-corrected chi connectivity index (χ0v) is 10.3. The van der Waals surface area contributed by atoms with Gasteiger partial charge in [0, 0.05) is 12.6 Å². The van der Waals surface area contributed by atoms with Crippen molar-refractivity contribution in [1.82, 2.24) is 4.90 Å². The van der Waals surface area contributed by atoms with E-state index in [1.165, 1.54) is 24.5 Å². The summed E-state index contributed by atoms with van der Waals surface area (Å²) in [6, 6.07) is 10.4. The van der Waals surface area contributed by atoms with Crippen molar-refractivity contribution < 1.29 is 4.79 Å². The average molecular weight is 229 g/mol. The summed E-state index contributed by atoms with van der Waals surface area (Å²) in [5, 5.41) is 0. The molecule has 2 rings (SSSR count). The lowest BCUT2D eigenvalue weighted by Gasteiger charge is -2.28. The molecule has 0 saturated heterocycles. The summed E-state index contributed by atoms with van der Waals surface area (Å²) in [7, 11) is 0. The summed E-state index contributed by atoms with van der Waals surface area (Å²) < 4.78 is 0. The van der Waals surface area contributed by atoms with Gasteiger partial charge < -0.3 is 4.90 Å². The van der Waals surface area contributed by atoms with E-state index in [9.17, 15) is 4.79 Å². The van der Waals surface area contributed by atoms with Crippen molar-refractivity contribution in [3.63, 3.8) is 0 Å². The third kappa shape index (κ3) is 2.96. The zero-order valence-electron chi connectivity index (χ0n) is 10.3. The summed E-state index contributed by atoms with van der Waals surface area (Å²) >= 11 is 0. The molecule has 0 spiro atoms. The molecule has 0 heterocycles. The Bertz CT molecular complexity index is 395. The van der Waals surface area contributed by atoms with Crippen LogP contribution in [0.3, 0.4) is 0 Å². The number of nitrogens with zero attached hydrogens (tertiary/aromatic N) is 1. The molecule has 2 nitrogen and oxygen atoms in total. The molecule has 1 aliphatic carbocycles. The second-order valence-electron chi connectivity index (χ2n) is 4.73. The molecule has 0 N–H and O–H groups in total. The fourth-order valence-corrected chi connectivity index (χ4v) is 2.15. The fourth-order valence-electron chi connectivity index (χ4n) is 2.15. The lowest BCUT2D eigenvalue weighted by Crippen LogP contribution is -2.38. The van der Waals surface area contributed by atoms with E-state index in [0.717, 1.165) is 0 Å². The monoisotopic (exact) mass is 229 g/mol. The molecule has 1 aromatic rings. The van der Waals surface area contributed by atoms with Gasteiger partial charge in [-0.3, -0.25) is 4.79 Å². The molecule has 0 bridgehead atoms. The van der Waals surface area contributed by atoms with Gasteiger partial charge in [0.2, 0.25) is 5.91 Å². The Labute approximate surface area is 103 Å². The molecule has 0 aliphatic heterocycles. The van der Waals surface area contributed by atoms with Gasteiger partial charge in [0.1, 0.15) is 0 Å². The summed E-state index contributed by atoms with van der Waals surface area (Å²) in [5.41, 5.74) is 1.18. The predicted octanol–water partition coefficient (Wildman–Crippen LogP) is 3.00. The standard InChI is InChI=1S/C15H19NO/c1-3-15(17)16(12(2)14-9-10-14)11-13-7-5-4-6-8-13/h3-8,12,14H,1,9-11H2,2H3. The van der Waals surface area contributed by atoms with E-state index < -0.39 is 0 Å². The first-order chi connectivity index (χ1) is 8.22. The van der Waals surface area contributed by atoms with Crippen LogP contribution in [-0.4, -0.2) is 16.8 Å². The van der Waals surface area contributed by atoms with Crippen LogP contribution in [0.2, 0.25) is 0 Å². The van der Waals surface area contributed by atoms with E-state index >= 15 is 0 Å². The smallest absolute Gasteiger partial charge is 0.246 e. The van der Waals surface area contributed by atoms with Crippen LogP contribution in [0.4, 0.5) is 0 Å². The Balaban J connectivity index is 2.10. The summed E-state index contributed by atoms with van der Waals surface area (Å²) in [4.78, 5) is 13.8. The van der Waals surface area contributed by atoms with Crippen molar-refractivity contribution in [3.05, 3.63) is 48.6 Å². The molecule has 2 heteroatoms. The predicted molar refractivity (Wildman–Crippen MR) is 69.4 cm³/mol. The quantitative estimate of drug-likeness (QED) is 0.711. The highest BCUT2D eigenvalue weighted by atomic mass is 16.2. The highest BCUT2D eigenvalue weighted by molar-refractivity contribution is 5.87. The Hall–Kier alpha value is -1.57. The average Bonchev–Trinajstić information content (AvgIpc) is 3.20. The normalized spacial score (nSPS) is 16.3. The van der Waals surface area contributed by atoms with E-state index in [2.05, 4.69) is 25.6 Å². The van der Waals surface area contributed by atoms with E-state index in [-0.39, 0.29) is 5.91 Å². The molecule has 0 radical (unpaired) electrons. The molecule has 1 fully saturated rings. The first-order valence-corrected chi connectivity index (χ1v) is 6.19. The van der Waals surface area contributed by atoms with Crippen LogP contribution in [0, 0.1) is 5.92 Å². The van der Waals surface area contributed by atoms with E-state index in [4.69, 9.17) is 0 Å². The molecule has 0 aromatic heterocycles. The van der Waals surface area contributed by atoms with Crippen molar-refractivity contribution >= 4 is 5.91 Å². The van der Waals surface area contributed by atoms with Crippen LogP contribution < -0.4 is 0 Å². The van der Waals surface area contributed by atoms with Crippen molar-refractivity contribution in [2.45, 2.75) is 32.4 Å². The molecule has 1 amide bonds. The molecule has 90 valence electrons. The van der Waals surface area contributed by atoms with Crippen LogP contribution in [-0.2, 0) is 11.3 Å². The molecular formula is C15H19NO. The Morgan fingerprint density at radius 2 is 2.12 bits per heavy atom. The second kappa shape index (κ2) is 5.17. The highest BCUT2D eigenvalue weighted by Crippen LogP contribution is 2.35. The SMILES string of the molecule is C=CC(=O)N(Cc1ccccc1)C(C)C1CC1. The largest absolute Gasteiger partial charge is 0.332 e. The van der Waals surface area contributed by atoms with E-state index in [0.29, 0.717) is 18.5 Å². The molecule has 1 saturated carbocycles. The van der Waals surface area contributed by atoms with Crippen molar-refractivity contribution in [3.8, 4) is 0 Å². The minimum Gasteiger partial charge on any atom is -0.332 e. The molecular weight excluding hydrogens is 210 g/mol. The first-order valence-electron chi connectivity index (χ1n) is 6.19.